The Hall–Kier alpha value is -1.96. The van der Waals surface area contributed by atoms with Crippen molar-refractivity contribution >= 4 is 32.6 Å². The molecule has 0 bridgehead atoms. The lowest BCUT2D eigenvalue weighted by atomic mass is 10.3. The molecule has 6 nitrogen and oxygen atoms in total. The standard InChI is InChI=1S/C18H23N5OS/c1-2-6-16-15(5-1)21-18(25-16)23-10-4-8-20-17(23)19-7-3-9-22-11-13-24-14-12-22/h1-2,4-6,8H,3,7,9-14H2,(H,19,20). The molecule has 132 valence electrons. The van der Waals surface area contributed by atoms with Crippen LogP contribution in [0.4, 0.5) is 5.13 Å². The molecule has 4 rings (SSSR count). The van der Waals surface area contributed by atoms with Crippen LogP contribution in [0.3, 0.4) is 0 Å². The van der Waals surface area contributed by atoms with Crippen LogP contribution >= 0.6 is 11.3 Å². The SMILES string of the molecule is C1=CNC(=NCCCN2CCOCC2)N(c2nc3ccccc3s2)C1. The van der Waals surface area contributed by atoms with Gasteiger partial charge in [-0.05, 0) is 24.6 Å². The number of guanidine groups is 1. The number of rotatable bonds is 5. The van der Waals surface area contributed by atoms with Crippen molar-refractivity contribution in [3.05, 3.63) is 36.5 Å². The Morgan fingerprint density at radius 3 is 3.00 bits per heavy atom. The largest absolute Gasteiger partial charge is 0.379 e. The molecular weight excluding hydrogens is 334 g/mol. The fourth-order valence-electron chi connectivity index (χ4n) is 3.04. The van der Waals surface area contributed by atoms with Crippen molar-refractivity contribution in [2.75, 3.05) is 50.8 Å². The topological polar surface area (TPSA) is 53.0 Å². The van der Waals surface area contributed by atoms with Crippen LogP contribution in [0.25, 0.3) is 10.2 Å². The highest BCUT2D eigenvalue weighted by molar-refractivity contribution is 7.22. The minimum absolute atomic E-state index is 0.801. The van der Waals surface area contributed by atoms with E-state index in [1.807, 2.05) is 12.3 Å². The molecule has 1 aromatic heterocycles. The molecule has 1 fully saturated rings. The molecule has 2 aliphatic heterocycles. The Labute approximate surface area is 151 Å². The van der Waals surface area contributed by atoms with Crippen molar-refractivity contribution in [2.24, 2.45) is 4.99 Å². The molecule has 0 radical (unpaired) electrons. The molecule has 7 heteroatoms. The molecule has 25 heavy (non-hydrogen) atoms. The molecule has 0 amide bonds. The van der Waals surface area contributed by atoms with E-state index in [1.165, 1.54) is 4.70 Å². The first-order valence-electron chi connectivity index (χ1n) is 8.79. The van der Waals surface area contributed by atoms with E-state index < -0.39 is 0 Å². The smallest absolute Gasteiger partial charge is 0.204 e. The Bertz CT molecular complexity index is 733. The second-order valence-corrected chi connectivity index (χ2v) is 7.14. The lowest BCUT2D eigenvalue weighted by Gasteiger charge is -2.27. The third-order valence-electron chi connectivity index (χ3n) is 4.39. The second kappa shape index (κ2) is 7.95. The summed E-state index contributed by atoms with van der Waals surface area (Å²) in [4.78, 5) is 14.1. The van der Waals surface area contributed by atoms with Gasteiger partial charge in [0.2, 0.25) is 5.96 Å². The number of ether oxygens (including phenoxy) is 1. The van der Waals surface area contributed by atoms with Gasteiger partial charge >= 0.3 is 0 Å². The average Bonchev–Trinajstić information content (AvgIpc) is 3.10. The van der Waals surface area contributed by atoms with E-state index in [2.05, 4.69) is 39.4 Å². The zero-order valence-electron chi connectivity index (χ0n) is 14.2. The number of benzene rings is 1. The van der Waals surface area contributed by atoms with Gasteiger partial charge in [0.1, 0.15) is 0 Å². The normalized spacial score (nSPS) is 20.3. The zero-order chi connectivity index (χ0) is 16.9. The first-order valence-corrected chi connectivity index (χ1v) is 9.61. The van der Waals surface area contributed by atoms with Gasteiger partial charge in [-0.1, -0.05) is 23.5 Å². The maximum absolute atomic E-state index is 5.39. The van der Waals surface area contributed by atoms with Gasteiger partial charge in [-0.2, -0.15) is 0 Å². The number of nitrogens with one attached hydrogen (secondary N) is 1. The molecule has 2 aliphatic rings. The van der Waals surface area contributed by atoms with Crippen LogP contribution in [0.1, 0.15) is 6.42 Å². The van der Waals surface area contributed by atoms with E-state index in [9.17, 15) is 0 Å². The molecule has 0 spiro atoms. The Morgan fingerprint density at radius 2 is 2.12 bits per heavy atom. The quantitative estimate of drug-likeness (QED) is 0.832. The van der Waals surface area contributed by atoms with Crippen LogP contribution in [0.15, 0.2) is 41.5 Å². The van der Waals surface area contributed by atoms with E-state index in [1.54, 1.807) is 11.3 Å². The number of anilines is 1. The highest BCUT2D eigenvalue weighted by Crippen LogP contribution is 2.29. The molecule has 0 unspecified atom stereocenters. The number of nitrogens with zero attached hydrogens (tertiary/aromatic N) is 4. The summed E-state index contributed by atoms with van der Waals surface area (Å²) >= 11 is 1.71. The minimum atomic E-state index is 0.801. The number of thiazole rings is 1. The predicted molar refractivity (Wildman–Crippen MR) is 103 cm³/mol. The van der Waals surface area contributed by atoms with E-state index in [4.69, 9.17) is 14.7 Å². The predicted octanol–water partition coefficient (Wildman–Crippen LogP) is 2.30. The number of hydrogen-bond acceptors (Lipinski definition) is 5. The van der Waals surface area contributed by atoms with Gasteiger partial charge < -0.3 is 10.1 Å². The molecule has 1 N–H and O–H groups in total. The molecular formula is C18H23N5OS. The van der Waals surface area contributed by atoms with Crippen molar-refractivity contribution < 1.29 is 4.74 Å². The summed E-state index contributed by atoms with van der Waals surface area (Å²) < 4.78 is 6.60. The van der Waals surface area contributed by atoms with Crippen LogP contribution in [-0.2, 0) is 4.74 Å². The number of aromatic nitrogens is 1. The Kier molecular flexibility index (Phi) is 5.25. The van der Waals surface area contributed by atoms with Gasteiger partial charge in [-0.25, -0.2) is 4.98 Å². The molecule has 3 heterocycles. The van der Waals surface area contributed by atoms with E-state index in [0.717, 1.165) is 69.0 Å². The van der Waals surface area contributed by atoms with Crippen molar-refractivity contribution in [3.63, 3.8) is 0 Å². The fraction of sp³-hybridized carbons (Fsp3) is 0.444. The Morgan fingerprint density at radius 1 is 1.24 bits per heavy atom. The number of fused-ring (bicyclic) bond motifs is 1. The maximum atomic E-state index is 5.39. The summed E-state index contributed by atoms with van der Waals surface area (Å²) in [7, 11) is 0. The minimum Gasteiger partial charge on any atom is -0.379 e. The summed E-state index contributed by atoms with van der Waals surface area (Å²) in [6.07, 6.45) is 5.12. The van der Waals surface area contributed by atoms with Crippen molar-refractivity contribution in [3.8, 4) is 0 Å². The number of para-hydroxylation sites is 1. The molecule has 2 aromatic rings. The number of aliphatic imine (C=N–C) groups is 1. The van der Waals surface area contributed by atoms with Gasteiger partial charge in [0.05, 0.1) is 23.4 Å². The average molecular weight is 357 g/mol. The third kappa shape index (κ3) is 4.00. The first-order chi connectivity index (χ1) is 12.4. The van der Waals surface area contributed by atoms with Crippen LogP contribution in [0.2, 0.25) is 0 Å². The summed E-state index contributed by atoms with van der Waals surface area (Å²) in [6, 6.07) is 8.25. The highest BCUT2D eigenvalue weighted by atomic mass is 32.1. The van der Waals surface area contributed by atoms with Crippen LogP contribution < -0.4 is 10.2 Å². The van der Waals surface area contributed by atoms with Gasteiger partial charge in [0.25, 0.3) is 0 Å². The van der Waals surface area contributed by atoms with E-state index >= 15 is 0 Å². The molecule has 0 atom stereocenters. The molecule has 1 saturated heterocycles. The molecule has 0 saturated carbocycles. The van der Waals surface area contributed by atoms with Gasteiger partial charge in [0, 0.05) is 38.9 Å². The first kappa shape index (κ1) is 16.5. The summed E-state index contributed by atoms with van der Waals surface area (Å²) in [5, 5.41) is 4.27. The lowest BCUT2D eigenvalue weighted by molar-refractivity contribution is 0.0377. The number of morpholine rings is 1. The van der Waals surface area contributed by atoms with Crippen LogP contribution in [0, 0.1) is 0 Å². The third-order valence-corrected chi connectivity index (χ3v) is 5.44. The van der Waals surface area contributed by atoms with Crippen molar-refractivity contribution in [1.82, 2.24) is 15.2 Å². The Balaban J connectivity index is 1.40. The highest BCUT2D eigenvalue weighted by Gasteiger charge is 2.18. The van der Waals surface area contributed by atoms with Crippen molar-refractivity contribution in [2.45, 2.75) is 6.42 Å². The van der Waals surface area contributed by atoms with Gasteiger partial charge in [-0.3, -0.25) is 14.8 Å². The summed E-state index contributed by atoms with van der Waals surface area (Å²) in [6.45, 7) is 6.48. The van der Waals surface area contributed by atoms with Gasteiger partial charge in [-0.15, -0.1) is 0 Å². The van der Waals surface area contributed by atoms with E-state index in [0.29, 0.717) is 0 Å². The summed E-state index contributed by atoms with van der Waals surface area (Å²) in [5.41, 5.74) is 1.05. The molecule has 0 aliphatic carbocycles. The maximum Gasteiger partial charge on any atom is 0.204 e. The zero-order valence-corrected chi connectivity index (χ0v) is 15.0. The van der Waals surface area contributed by atoms with Crippen LogP contribution in [0.5, 0.6) is 0 Å². The fourth-order valence-corrected chi connectivity index (χ4v) is 4.01. The monoisotopic (exact) mass is 357 g/mol. The van der Waals surface area contributed by atoms with Crippen molar-refractivity contribution in [1.29, 1.82) is 0 Å². The number of hydrogen-bond donors (Lipinski definition) is 1. The summed E-state index contributed by atoms with van der Waals surface area (Å²) in [5.74, 6) is 0.892. The lowest BCUT2D eigenvalue weighted by Crippen LogP contribution is -2.42. The molecule has 1 aromatic carbocycles. The second-order valence-electron chi connectivity index (χ2n) is 6.13. The van der Waals surface area contributed by atoms with Gasteiger partial charge in [0.15, 0.2) is 5.13 Å². The van der Waals surface area contributed by atoms with Crippen LogP contribution in [-0.4, -0.2) is 61.8 Å². The van der Waals surface area contributed by atoms with E-state index in [-0.39, 0.29) is 0 Å².